The Morgan fingerprint density at radius 1 is 0.946 bits per heavy atom. The van der Waals surface area contributed by atoms with Gasteiger partial charge in [0.05, 0.1) is 17.3 Å². The van der Waals surface area contributed by atoms with E-state index in [9.17, 15) is 14.4 Å². The van der Waals surface area contributed by atoms with Gasteiger partial charge >= 0.3 is 6.03 Å². The minimum absolute atomic E-state index is 0.161. The molecule has 0 radical (unpaired) electrons. The predicted molar refractivity (Wildman–Crippen MR) is 144 cm³/mol. The van der Waals surface area contributed by atoms with E-state index in [1.165, 1.54) is 12.1 Å². The lowest BCUT2D eigenvalue weighted by Crippen LogP contribution is -2.54. The number of anilines is 1. The van der Waals surface area contributed by atoms with Gasteiger partial charge < -0.3 is 9.30 Å². The Morgan fingerprint density at radius 2 is 1.70 bits per heavy atom. The molecular weight excluding hydrogens is 513 g/mol. The Kier molecular flexibility index (Phi) is 6.74. The zero-order chi connectivity index (χ0) is 26.1. The van der Waals surface area contributed by atoms with Gasteiger partial charge in [-0.1, -0.05) is 59.6 Å². The number of barbiturate groups is 1. The molecule has 0 spiro atoms. The molecule has 2 heterocycles. The van der Waals surface area contributed by atoms with Crippen molar-refractivity contribution in [3.8, 4) is 5.75 Å². The largest absolute Gasteiger partial charge is 0.490 e. The molecule has 3 aromatic carbocycles. The van der Waals surface area contributed by atoms with Gasteiger partial charge in [-0.05, 0) is 48.9 Å². The first-order valence-electron chi connectivity index (χ1n) is 11.5. The van der Waals surface area contributed by atoms with Gasteiger partial charge in [0.2, 0.25) is 0 Å². The van der Waals surface area contributed by atoms with Crippen molar-refractivity contribution in [3.05, 3.63) is 99.7 Å². The van der Waals surface area contributed by atoms with Gasteiger partial charge in [0, 0.05) is 27.7 Å². The standard InChI is InChI=1S/C28H21Cl2N3O4/c1-17-10-11-19(15-23(17)30)33-27(35)21(26(34)31-28(33)36)14-18-16-32(24-8-4-2-6-20(18)24)12-13-37-25-9-5-3-7-22(25)29/h2-11,14-16H,12-13H2,1H3,(H,31,34,36)/b21-14-. The Balaban J connectivity index is 1.46. The monoisotopic (exact) mass is 533 g/mol. The van der Waals surface area contributed by atoms with Crippen molar-refractivity contribution in [2.24, 2.45) is 0 Å². The average Bonchev–Trinajstić information content (AvgIpc) is 3.22. The first-order valence-corrected chi connectivity index (χ1v) is 12.2. The fourth-order valence-electron chi connectivity index (χ4n) is 4.16. The molecule has 0 saturated carbocycles. The molecule has 1 N–H and O–H groups in total. The number of aryl methyl sites for hydroxylation is 1. The molecule has 7 nitrogen and oxygen atoms in total. The third-order valence-electron chi connectivity index (χ3n) is 6.06. The van der Waals surface area contributed by atoms with Crippen molar-refractivity contribution < 1.29 is 19.1 Å². The topological polar surface area (TPSA) is 80.6 Å². The number of carbonyl (C=O) groups excluding carboxylic acids is 3. The van der Waals surface area contributed by atoms with E-state index >= 15 is 0 Å². The summed E-state index contributed by atoms with van der Waals surface area (Å²) >= 11 is 12.4. The third kappa shape index (κ3) is 4.83. The third-order valence-corrected chi connectivity index (χ3v) is 6.78. The maximum atomic E-state index is 13.3. The average molecular weight is 534 g/mol. The summed E-state index contributed by atoms with van der Waals surface area (Å²) < 4.78 is 7.81. The van der Waals surface area contributed by atoms with Crippen LogP contribution in [0.3, 0.4) is 0 Å². The maximum absolute atomic E-state index is 13.3. The Labute approximate surface area is 222 Å². The second kappa shape index (κ2) is 10.1. The molecule has 1 saturated heterocycles. The summed E-state index contributed by atoms with van der Waals surface area (Å²) in [6.07, 6.45) is 3.35. The van der Waals surface area contributed by atoms with Gasteiger partial charge in [-0.25, -0.2) is 9.69 Å². The Hall–Kier alpha value is -4.07. The van der Waals surface area contributed by atoms with E-state index in [0.29, 0.717) is 34.5 Å². The van der Waals surface area contributed by atoms with Crippen LogP contribution < -0.4 is 15.0 Å². The van der Waals surface area contributed by atoms with Gasteiger partial charge in [0.25, 0.3) is 11.8 Å². The molecular formula is C28H21Cl2N3O4. The van der Waals surface area contributed by atoms with Crippen molar-refractivity contribution in [2.45, 2.75) is 13.5 Å². The summed E-state index contributed by atoms with van der Waals surface area (Å²) in [5, 5.41) is 4.03. The van der Waals surface area contributed by atoms with Crippen LogP contribution in [0, 0.1) is 6.92 Å². The highest BCUT2D eigenvalue weighted by atomic mass is 35.5. The van der Waals surface area contributed by atoms with E-state index in [1.807, 2.05) is 54.1 Å². The van der Waals surface area contributed by atoms with E-state index in [1.54, 1.807) is 24.3 Å². The number of halogens is 2. The van der Waals surface area contributed by atoms with Crippen molar-refractivity contribution in [1.82, 2.24) is 9.88 Å². The predicted octanol–water partition coefficient (Wildman–Crippen LogP) is 6.00. The summed E-state index contributed by atoms with van der Waals surface area (Å²) in [7, 11) is 0. The lowest BCUT2D eigenvalue weighted by atomic mass is 10.1. The van der Waals surface area contributed by atoms with Crippen LogP contribution >= 0.6 is 23.2 Å². The maximum Gasteiger partial charge on any atom is 0.335 e. The van der Waals surface area contributed by atoms with E-state index in [2.05, 4.69) is 5.32 Å². The van der Waals surface area contributed by atoms with Crippen LogP contribution in [0.5, 0.6) is 5.75 Å². The molecule has 0 atom stereocenters. The highest BCUT2D eigenvalue weighted by Gasteiger charge is 2.37. The summed E-state index contributed by atoms with van der Waals surface area (Å²) in [4.78, 5) is 39.5. The molecule has 0 bridgehead atoms. The number of para-hydroxylation sites is 2. The lowest BCUT2D eigenvalue weighted by molar-refractivity contribution is -0.122. The molecule has 9 heteroatoms. The zero-order valence-electron chi connectivity index (χ0n) is 19.7. The molecule has 37 heavy (non-hydrogen) atoms. The number of nitrogens with zero attached hydrogens (tertiary/aromatic N) is 2. The van der Waals surface area contributed by atoms with Crippen molar-refractivity contribution in [3.63, 3.8) is 0 Å². The molecule has 1 aromatic heterocycles. The molecule has 186 valence electrons. The SMILES string of the molecule is Cc1ccc(N2C(=O)NC(=O)/C(=C/c3cn(CCOc4ccccc4Cl)c4ccccc34)C2=O)cc1Cl. The summed E-state index contributed by atoms with van der Waals surface area (Å²) in [5.41, 5.74) is 2.47. The van der Waals surface area contributed by atoms with Crippen LogP contribution in [0.25, 0.3) is 17.0 Å². The normalized spacial score (nSPS) is 14.9. The smallest absolute Gasteiger partial charge is 0.335 e. The summed E-state index contributed by atoms with van der Waals surface area (Å²) in [5.74, 6) is -0.899. The van der Waals surface area contributed by atoms with Gasteiger partial charge in [-0.3, -0.25) is 14.9 Å². The quantitative estimate of drug-likeness (QED) is 0.243. The minimum atomic E-state index is -0.828. The number of rotatable bonds is 6. The number of imide groups is 2. The number of hydrogen-bond acceptors (Lipinski definition) is 4. The second-order valence-corrected chi connectivity index (χ2v) is 9.28. The Bertz CT molecular complexity index is 1590. The minimum Gasteiger partial charge on any atom is -0.490 e. The van der Waals surface area contributed by atoms with Crippen LogP contribution in [0.2, 0.25) is 10.0 Å². The second-order valence-electron chi connectivity index (χ2n) is 8.47. The van der Waals surface area contributed by atoms with Gasteiger partial charge in [-0.2, -0.15) is 0 Å². The molecule has 0 aliphatic carbocycles. The van der Waals surface area contributed by atoms with Crippen LogP contribution in [0.15, 0.2) is 78.5 Å². The molecule has 1 aliphatic heterocycles. The summed E-state index contributed by atoms with van der Waals surface area (Å²) in [6.45, 7) is 2.67. The van der Waals surface area contributed by atoms with E-state index in [4.69, 9.17) is 27.9 Å². The number of aromatic nitrogens is 1. The summed E-state index contributed by atoms with van der Waals surface area (Å²) in [6, 6.07) is 18.9. The van der Waals surface area contributed by atoms with Crippen molar-refractivity contribution in [1.29, 1.82) is 0 Å². The van der Waals surface area contributed by atoms with Crippen LogP contribution in [-0.2, 0) is 16.1 Å². The van der Waals surface area contributed by atoms with Crippen LogP contribution in [0.4, 0.5) is 10.5 Å². The highest BCUT2D eigenvalue weighted by molar-refractivity contribution is 6.39. The molecule has 1 fully saturated rings. The lowest BCUT2D eigenvalue weighted by Gasteiger charge is -2.26. The van der Waals surface area contributed by atoms with Gasteiger partial charge in [-0.15, -0.1) is 0 Å². The highest BCUT2D eigenvalue weighted by Crippen LogP contribution is 2.29. The Morgan fingerprint density at radius 3 is 2.49 bits per heavy atom. The number of fused-ring (bicyclic) bond motifs is 1. The number of benzene rings is 3. The van der Waals surface area contributed by atoms with Crippen LogP contribution in [0.1, 0.15) is 11.1 Å². The number of urea groups is 1. The molecule has 4 amide bonds. The first-order chi connectivity index (χ1) is 17.8. The van der Waals surface area contributed by atoms with E-state index in [-0.39, 0.29) is 11.3 Å². The van der Waals surface area contributed by atoms with Gasteiger partial charge in [0.15, 0.2) is 0 Å². The molecule has 4 aromatic rings. The first kappa shape index (κ1) is 24.6. The fraction of sp³-hybridized carbons (Fsp3) is 0.107. The number of nitrogens with one attached hydrogen (secondary N) is 1. The van der Waals surface area contributed by atoms with Crippen molar-refractivity contribution >= 4 is 63.7 Å². The molecule has 1 aliphatic rings. The van der Waals surface area contributed by atoms with E-state index in [0.717, 1.165) is 21.4 Å². The fourth-order valence-corrected chi connectivity index (χ4v) is 4.52. The number of carbonyl (C=O) groups is 3. The van der Waals surface area contributed by atoms with Crippen molar-refractivity contribution in [2.75, 3.05) is 11.5 Å². The van der Waals surface area contributed by atoms with E-state index < -0.39 is 17.8 Å². The number of amides is 4. The van der Waals surface area contributed by atoms with Gasteiger partial charge in [0.1, 0.15) is 17.9 Å². The molecule has 0 unspecified atom stereocenters. The number of hydrogen-bond donors (Lipinski definition) is 1. The zero-order valence-corrected chi connectivity index (χ0v) is 21.2. The molecule has 5 rings (SSSR count). The number of ether oxygens (including phenoxy) is 1. The van der Waals surface area contributed by atoms with Crippen LogP contribution in [-0.4, -0.2) is 29.0 Å².